The van der Waals surface area contributed by atoms with E-state index in [1.165, 1.54) is 4.57 Å². The Morgan fingerprint density at radius 1 is 1.39 bits per heavy atom. The standard InChI is InChI=1S/C15H25N5O3/c1-11(2)10-20-13(17)12(14(21)18-15(20)22)19(8-9-23-3)7-5-4-6-16/h11H,4-5,7-10,17H2,1-3H3,(H,18,21,22). The van der Waals surface area contributed by atoms with E-state index in [0.717, 1.165) is 0 Å². The Bertz CT molecular complexity index is 657. The molecule has 3 N–H and O–H groups in total. The van der Waals surface area contributed by atoms with Gasteiger partial charge in [-0.15, -0.1) is 0 Å². The van der Waals surface area contributed by atoms with E-state index in [1.807, 2.05) is 13.8 Å². The number of ether oxygens (including phenoxy) is 1. The number of anilines is 2. The van der Waals surface area contributed by atoms with Gasteiger partial charge in [0.25, 0.3) is 5.56 Å². The van der Waals surface area contributed by atoms with E-state index in [9.17, 15) is 9.59 Å². The highest BCUT2D eigenvalue weighted by molar-refractivity contribution is 5.62. The second kappa shape index (κ2) is 9.00. The molecule has 23 heavy (non-hydrogen) atoms. The smallest absolute Gasteiger partial charge is 0.330 e. The van der Waals surface area contributed by atoms with Crippen LogP contribution in [0, 0.1) is 17.2 Å². The molecule has 0 spiro atoms. The minimum absolute atomic E-state index is 0.153. The van der Waals surface area contributed by atoms with Crippen molar-refractivity contribution >= 4 is 11.5 Å². The van der Waals surface area contributed by atoms with E-state index in [4.69, 9.17) is 15.7 Å². The van der Waals surface area contributed by atoms with E-state index in [0.29, 0.717) is 39.1 Å². The third-order valence-electron chi connectivity index (χ3n) is 3.36. The lowest BCUT2D eigenvalue weighted by molar-refractivity contribution is 0.205. The fourth-order valence-electron chi connectivity index (χ4n) is 2.32. The van der Waals surface area contributed by atoms with Gasteiger partial charge in [-0.2, -0.15) is 5.26 Å². The number of rotatable bonds is 9. The van der Waals surface area contributed by atoms with Gasteiger partial charge in [0.1, 0.15) is 11.5 Å². The summed E-state index contributed by atoms with van der Waals surface area (Å²) in [6, 6.07) is 2.08. The molecule has 0 saturated carbocycles. The van der Waals surface area contributed by atoms with Crippen LogP contribution in [0.5, 0.6) is 0 Å². The largest absolute Gasteiger partial charge is 0.383 e. The van der Waals surface area contributed by atoms with Crippen molar-refractivity contribution in [3.05, 3.63) is 20.8 Å². The number of nitriles is 1. The van der Waals surface area contributed by atoms with E-state index >= 15 is 0 Å². The number of nitrogens with zero attached hydrogens (tertiary/aromatic N) is 3. The molecule has 1 heterocycles. The molecule has 1 rings (SSSR count). The number of nitrogens with one attached hydrogen (secondary N) is 1. The topological polar surface area (TPSA) is 117 Å². The van der Waals surface area contributed by atoms with Gasteiger partial charge in [0, 0.05) is 33.2 Å². The molecule has 0 saturated heterocycles. The van der Waals surface area contributed by atoms with Crippen molar-refractivity contribution in [1.82, 2.24) is 9.55 Å². The van der Waals surface area contributed by atoms with Gasteiger partial charge in [-0.1, -0.05) is 13.8 Å². The molecule has 0 aliphatic rings. The van der Waals surface area contributed by atoms with Crippen molar-refractivity contribution in [2.24, 2.45) is 5.92 Å². The molecule has 0 radical (unpaired) electrons. The number of nitrogen functional groups attached to an aromatic ring is 1. The third-order valence-corrected chi connectivity index (χ3v) is 3.36. The molecule has 1 aromatic rings. The zero-order valence-corrected chi connectivity index (χ0v) is 14.0. The summed E-state index contributed by atoms with van der Waals surface area (Å²) in [6.45, 7) is 5.71. The molecule has 0 amide bonds. The van der Waals surface area contributed by atoms with Gasteiger partial charge in [0.15, 0.2) is 0 Å². The molecule has 8 nitrogen and oxygen atoms in total. The molecule has 0 bridgehead atoms. The highest BCUT2D eigenvalue weighted by Crippen LogP contribution is 2.18. The quantitative estimate of drug-likeness (QED) is 0.640. The summed E-state index contributed by atoms with van der Waals surface area (Å²) in [5, 5.41) is 8.68. The second-order valence-corrected chi connectivity index (χ2v) is 5.74. The molecule has 0 aliphatic carbocycles. The summed E-state index contributed by atoms with van der Waals surface area (Å²) in [6.07, 6.45) is 0.981. The van der Waals surface area contributed by atoms with E-state index in [1.54, 1.807) is 12.0 Å². The normalized spacial score (nSPS) is 10.7. The van der Waals surface area contributed by atoms with Crippen molar-refractivity contribution < 1.29 is 4.74 Å². The molecule has 0 fully saturated rings. The zero-order chi connectivity index (χ0) is 17.4. The first kappa shape index (κ1) is 18.8. The maximum absolute atomic E-state index is 12.2. The first-order chi connectivity index (χ1) is 10.9. The van der Waals surface area contributed by atoms with Crippen LogP contribution in [0.4, 0.5) is 11.5 Å². The number of H-pyrrole nitrogens is 1. The van der Waals surface area contributed by atoms with Gasteiger partial charge >= 0.3 is 5.69 Å². The maximum Gasteiger partial charge on any atom is 0.330 e. The summed E-state index contributed by atoms with van der Waals surface area (Å²) in [5.41, 5.74) is 5.35. The molecule has 8 heteroatoms. The average molecular weight is 323 g/mol. The molecule has 128 valence electrons. The van der Waals surface area contributed by atoms with Crippen molar-refractivity contribution in [3.8, 4) is 6.07 Å². The van der Waals surface area contributed by atoms with Crippen LogP contribution in [0.25, 0.3) is 0 Å². The van der Waals surface area contributed by atoms with Crippen molar-refractivity contribution in [3.63, 3.8) is 0 Å². The first-order valence-corrected chi connectivity index (χ1v) is 7.65. The van der Waals surface area contributed by atoms with E-state index in [-0.39, 0.29) is 17.4 Å². The molecular weight excluding hydrogens is 298 g/mol. The SMILES string of the molecule is COCCN(CCCC#N)c1c(N)n(CC(C)C)c(=O)[nH]c1=O. The van der Waals surface area contributed by atoms with Crippen LogP contribution in [0.3, 0.4) is 0 Å². The number of nitrogens with two attached hydrogens (primary N) is 1. The van der Waals surface area contributed by atoms with Gasteiger partial charge in [-0.3, -0.25) is 14.3 Å². The molecule has 1 aromatic heterocycles. The minimum atomic E-state index is -0.513. The van der Waals surface area contributed by atoms with E-state index < -0.39 is 11.2 Å². The summed E-state index contributed by atoms with van der Waals surface area (Å²) in [5.74, 6) is 0.361. The summed E-state index contributed by atoms with van der Waals surface area (Å²) >= 11 is 0. The van der Waals surface area contributed by atoms with Gasteiger partial charge in [-0.25, -0.2) is 4.79 Å². The van der Waals surface area contributed by atoms with Gasteiger partial charge < -0.3 is 15.4 Å². The third kappa shape index (κ3) is 5.14. The van der Waals surface area contributed by atoms with Gasteiger partial charge in [0.2, 0.25) is 0 Å². The van der Waals surface area contributed by atoms with Crippen LogP contribution < -0.4 is 21.9 Å². The lowest BCUT2D eigenvalue weighted by Gasteiger charge is -2.26. The van der Waals surface area contributed by atoms with E-state index in [2.05, 4.69) is 11.1 Å². The van der Waals surface area contributed by atoms with Crippen LogP contribution in [-0.2, 0) is 11.3 Å². The van der Waals surface area contributed by atoms with Gasteiger partial charge in [-0.05, 0) is 12.3 Å². The molecule has 0 atom stereocenters. The number of unbranched alkanes of at least 4 members (excludes halogenated alkanes) is 1. The number of aromatic nitrogens is 2. The Hall–Kier alpha value is -2.27. The first-order valence-electron chi connectivity index (χ1n) is 7.65. The second-order valence-electron chi connectivity index (χ2n) is 5.74. The Kier molecular flexibility index (Phi) is 7.35. The minimum Gasteiger partial charge on any atom is -0.383 e. The predicted molar refractivity (Wildman–Crippen MR) is 89.5 cm³/mol. The van der Waals surface area contributed by atoms with Crippen LogP contribution >= 0.6 is 0 Å². The maximum atomic E-state index is 12.2. The monoisotopic (exact) mass is 323 g/mol. The molecule has 0 aliphatic heterocycles. The summed E-state index contributed by atoms with van der Waals surface area (Å²) in [4.78, 5) is 28.3. The Morgan fingerprint density at radius 2 is 2.09 bits per heavy atom. The average Bonchev–Trinajstić information content (AvgIpc) is 2.48. The highest BCUT2D eigenvalue weighted by atomic mass is 16.5. The number of methoxy groups -OCH3 is 1. The van der Waals surface area contributed by atoms with Crippen LogP contribution in [-0.4, -0.2) is 36.4 Å². The fourth-order valence-corrected chi connectivity index (χ4v) is 2.32. The Morgan fingerprint density at radius 3 is 2.65 bits per heavy atom. The lowest BCUT2D eigenvalue weighted by atomic mass is 10.2. The number of hydrogen-bond acceptors (Lipinski definition) is 6. The zero-order valence-electron chi connectivity index (χ0n) is 14.0. The fraction of sp³-hybridized carbons (Fsp3) is 0.667. The van der Waals surface area contributed by atoms with Gasteiger partial charge in [0.05, 0.1) is 12.7 Å². The molecular formula is C15H25N5O3. The molecule has 0 unspecified atom stereocenters. The number of hydrogen-bond donors (Lipinski definition) is 2. The van der Waals surface area contributed by atoms with Crippen LogP contribution in [0.1, 0.15) is 26.7 Å². The predicted octanol–water partition coefficient (Wildman–Crippen LogP) is 0.531. The molecule has 0 aromatic carbocycles. The van der Waals surface area contributed by atoms with Crippen LogP contribution in [0.15, 0.2) is 9.59 Å². The highest BCUT2D eigenvalue weighted by Gasteiger charge is 2.19. The number of aromatic amines is 1. The van der Waals surface area contributed by atoms with Crippen molar-refractivity contribution in [2.75, 3.05) is 37.4 Å². The summed E-state index contributed by atoms with van der Waals surface area (Å²) in [7, 11) is 1.57. The Balaban J connectivity index is 3.25. The summed E-state index contributed by atoms with van der Waals surface area (Å²) < 4.78 is 6.45. The van der Waals surface area contributed by atoms with Crippen LogP contribution in [0.2, 0.25) is 0 Å². The van der Waals surface area contributed by atoms with Crippen molar-refractivity contribution in [2.45, 2.75) is 33.2 Å². The lowest BCUT2D eigenvalue weighted by Crippen LogP contribution is -2.40. The Labute approximate surface area is 135 Å². The van der Waals surface area contributed by atoms with Crippen molar-refractivity contribution in [1.29, 1.82) is 5.26 Å².